The van der Waals surface area contributed by atoms with E-state index in [4.69, 9.17) is 9.52 Å². The van der Waals surface area contributed by atoms with E-state index in [1.165, 1.54) is 38.4 Å². The molecule has 1 aromatic heterocycles. The maximum absolute atomic E-state index is 10.7. The van der Waals surface area contributed by atoms with Gasteiger partial charge in [0.15, 0.2) is 0 Å². The van der Waals surface area contributed by atoms with Crippen LogP contribution in [0, 0.1) is 5.92 Å². The van der Waals surface area contributed by atoms with E-state index in [2.05, 4.69) is 12.2 Å². The summed E-state index contributed by atoms with van der Waals surface area (Å²) in [6.45, 7) is 2.87. The molecule has 4 nitrogen and oxygen atoms in total. The van der Waals surface area contributed by atoms with Crippen molar-refractivity contribution in [3.05, 3.63) is 23.7 Å². The van der Waals surface area contributed by atoms with E-state index in [-0.39, 0.29) is 5.56 Å². The summed E-state index contributed by atoms with van der Waals surface area (Å²) in [5, 5.41) is 12.3. The fourth-order valence-electron chi connectivity index (χ4n) is 2.68. The minimum absolute atomic E-state index is 0.224. The number of hydrogen-bond donors (Lipinski definition) is 2. The van der Waals surface area contributed by atoms with Crippen LogP contribution in [-0.2, 0) is 6.54 Å². The summed E-state index contributed by atoms with van der Waals surface area (Å²) in [6, 6.07) is 2.14. The fourth-order valence-corrected chi connectivity index (χ4v) is 2.68. The molecule has 4 heteroatoms. The number of carbonyl (C=O) groups is 1. The quantitative estimate of drug-likeness (QED) is 0.844. The first-order valence-electron chi connectivity index (χ1n) is 6.73. The molecule has 0 amide bonds. The van der Waals surface area contributed by atoms with E-state index in [1.807, 2.05) is 0 Å². The van der Waals surface area contributed by atoms with Crippen LogP contribution in [0.25, 0.3) is 0 Å². The Labute approximate surface area is 107 Å². The van der Waals surface area contributed by atoms with Crippen LogP contribution in [0.4, 0.5) is 0 Å². The predicted octanol–water partition coefficient (Wildman–Crippen LogP) is 3.04. The molecule has 1 aliphatic carbocycles. The molecule has 18 heavy (non-hydrogen) atoms. The van der Waals surface area contributed by atoms with Crippen molar-refractivity contribution in [2.75, 3.05) is 0 Å². The van der Waals surface area contributed by atoms with Crippen LogP contribution in [-0.4, -0.2) is 17.1 Å². The average molecular weight is 251 g/mol. The molecule has 1 aromatic rings. The molecule has 0 saturated heterocycles. The van der Waals surface area contributed by atoms with Crippen molar-refractivity contribution in [2.24, 2.45) is 5.92 Å². The summed E-state index contributed by atoms with van der Waals surface area (Å²) >= 11 is 0. The Morgan fingerprint density at radius 3 is 3.06 bits per heavy atom. The van der Waals surface area contributed by atoms with Crippen molar-refractivity contribution in [3.63, 3.8) is 0 Å². The zero-order chi connectivity index (χ0) is 13.0. The molecule has 1 saturated carbocycles. The number of carboxylic acid groups (broad SMARTS) is 1. The van der Waals surface area contributed by atoms with E-state index in [9.17, 15) is 4.79 Å². The molecule has 0 spiro atoms. The highest BCUT2D eigenvalue weighted by molar-refractivity contribution is 5.87. The highest BCUT2D eigenvalue weighted by atomic mass is 16.4. The topological polar surface area (TPSA) is 62.5 Å². The molecule has 2 unspecified atom stereocenters. The molecule has 0 aromatic carbocycles. The second-order valence-corrected chi connectivity index (χ2v) is 5.13. The van der Waals surface area contributed by atoms with Gasteiger partial charge in [0.25, 0.3) is 0 Å². The Balaban J connectivity index is 1.81. The Bertz CT molecular complexity index is 399. The normalized spacial score (nSPS) is 24.1. The second kappa shape index (κ2) is 6.05. The summed E-state index contributed by atoms with van der Waals surface area (Å²) in [5.41, 5.74) is 0.224. The van der Waals surface area contributed by atoms with Crippen molar-refractivity contribution < 1.29 is 14.3 Å². The van der Waals surface area contributed by atoms with Crippen molar-refractivity contribution in [1.82, 2.24) is 5.32 Å². The number of rotatable bonds is 5. The second-order valence-electron chi connectivity index (χ2n) is 5.13. The van der Waals surface area contributed by atoms with Gasteiger partial charge in [0, 0.05) is 6.04 Å². The standard InChI is InChI=1S/C14H21NO3/c1-2-10-4-3-5-12(6-10)15-8-13-7-11(9-18-13)14(16)17/h7,9-10,12,15H,2-6,8H2,1H3,(H,16,17). The van der Waals surface area contributed by atoms with Crippen LogP contribution >= 0.6 is 0 Å². The van der Waals surface area contributed by atoms with Gasteiger partial charge >= 0.3 is 5.97 Å². The first kappa shape index (κ1) is 13.1. The van der Waals surface area contributed by atoms with Gasteiger partial charge < -0.3 is 14.8 Å². The van der Waals surface area contributed by atoms with Crippen LogP contribution in [0.1, 0.15) is 55.1 Å². The van der Waals surface area contributed by atoms with Crippen LogP contribution < -0.4 is 5.32 Å². The molecule has 2 rings (SSSR count). The maximum Gasteiger partial charge on any atom is 0.338 e. The summed E-state index contributed by atoms with van der Waals surface area (Å²) in [5.74, 6) is 0.599. The van der Waals surface area contributed by atoms with Gasteiger partial charge in [-0.3, -0.25) is 0 Å². The lowest BCUT2D eigenvalue weighted by molar-refractivity contribution is 0.0696. The number of furan rings is 1. The van der Waals surface area contributed by atoms with E-state index in [1.54, 1.807) is 6.07 Å². The zero-order valence-electron chi connectivity index (χ0n) is 10.8. The highest BCUT2D eigenvalue weighted by Crippen LogP contribution is 2.26. The van der Waals surface area contributed by atoms with Crippen molar-refractivity contribution >= 4 is 5.97 Å². The van der Waals surface area contributed by atoms with Crippen LogP contribution in [0.5, 0.6) is 0 Å². The van der Waals surface area contributed by atoms with E-state index < -0.39 is 5.97 Å². The van der Waals surface area contributed by atoms with Crippen LogP contribution in [0.15, 0.2) is 16.7 Å². The molecule has 2 N–H and O–H groups in total. The maximum atomic E-state index is 10.7. The fraction of sp³-hybridized carbons (Fsp3) is 0.643. The lowest BCUT2D eigenvalue weighted by Crippen LogP contribution is -2.33. The van der Waals surface area contributed by atoms with Gasteiger partial charge in [-0.15, -0.1) is 0 Å². The van der Waals surface area contributed by atoms with Crippen LogP contribution in [0.3, 0.4) is 0 Å². The third kappa shape index (κ3) is 3.35. The Kier molecular flexibility index (Phi) is 4.42. The van der Waals surface area contributed by atoms with E-state index >= 15 is 0 Å². The van der Waals surface area contributed by atoms with Gasteiger partial charge in [-0.05, 0) is 24.8 Å². The molecule has 1 aliphatic rings. The molecular weight excluding hydrogens is 230 g/mol. The van der Waals surface area contributed by atoms with Crippen molar-refractivity contribution in [2.45, 2.75) is 51.6 Å². The highest BCUT2D eigenvalue weighted by Gasteiger charge is 2.20. The third-order valence-corrected chi connectivity index (χ3v) is 3.83. The first-order chi connectivity index (χ1) is 8.69. The molecule has 0 radical (unpaired) electrons. The molecule has 1 heterocycles. The lowest BCUT2D eigenvalue weighted by Gasteiger charge is -2.28. The van der Waals surface area contributed by atoms with E-state index in [0.717, 1.165) is 5.92 Å². The number of aromatic carboxylic acids is 1. The number of hydrogen-bond acceptors (Lipinski definition) is 3. The molecule has 2 atom stereocenters. The minimum Gasteiger partial charge on any atom is -0.478 e. The van der Waals surface area contributed by atoms with Crippen LogP contribution in [0.2, 0.25) is 0 Å². The molecular formula is C14H21NO3. The summed E-state index contributed by atoms with van der Waals surface area (Å²) in [4.78, 5) is 10.7. The number of nitrogens with one attached hydrogen (secondary N) is 1. The van der Waals surface area contributed by atoms with E-state index in [0.29, 0.717) is 18.3 Å². The third-order valence-electron chi connectivity index (χ3n) is 3.83. The van der Waals surface area contributed by atoms with Gasteiger partial charge in [0.2, 0.25) is 0 Å². The predicted molar refractivity (Wildman–Crippen MR) is 68.5 cm³/mol. The summed E-state index contributed by atoms with van der Waals surface area (Å²) in [6.07, 6.45) is 7.62. The average Bonchev–Trinajstić information content (AvgIpc) is 2.85. The smallest absolute Gasteiger partial charge is 0.338 e. The summed E-state index contributed by atoms with van der Waals surface area (Å²) < 4.78 is 5.23. The monoisotopic (exact) mass is 251 g/mol. The Morgan fingerprint density at radius 1 is 1.56 bits per heavy atom. The molecule has 0 aliphatic heterocycles. The lowest BCUT2D eigenvalue weighted by atomic mass is 9.84. The largest absolute Gasteiger partial charge is 0.478 e. The Hall–Kier alpha value is -1.29. The van der Waals surface area contributed by atoms with Gasteiger partial charge in [-0.1, -0.05) is 26.2 Å². The zero-order valence-corrected chi connectivity index (χ0v) is 10.8. The molecule has 100 valence electrons. The molecule has 1 fully saturated rings. The van der Waals surface area contributed by atoms with Crippen molar-refractivity contribution in [3.8, 4) is 0 Å². The Morgan fingerprint density at radius 2 is 2.39 bits per heavy atom. The van der Waals surface area contributed by atoms with Gasteiger partial charge in [0.05, 0.1) is 12.1 Å². The van der Waals surface area contributed by atoms with Crippen molar-refractivity contribution in [1.29, 1.82) is 0 Å². The van der Waals surface area contributed by atoms with Gasteiger partial charge in [-0.2, -0.15) is 0 Å². The minimum atomic E-state index is -0.936. The van der Waals surface area contributed by atoms with Gasteiger partial charge in [0.1, 0.15) is 12.0 Å². The SMILES string of the molecule is CCC1CCCC(NCc2cc(C(=O)O)co2)C1. The first-order valence-corrected chi connectivity index (χ1v) is 6.73. The number of carboxylic acids is 1. The van der Waals surface area contributed by atoms with Gasteiger partial charge in [-0.25, -0.2) is 4.79 Å². The summed E-state index contributed by atoms with van der Waals surface area (Å²) in [7, 11) is 0. The molecule has 0 bridgehead atoms.